The number of anilines is 1. The zero-order chi connectivity index (χ0) is 29.1. The monoisotopic (exact) mass is 571 g/mol. The minimum Gasteiger partial charge on any atom is -0.492 e. The van der Waals surface area contributed by atoms with Crippen molar-refractivity contribution in [2.24, 2.45) is 0 Å². The second kappa shape index (κ2) is 15.1. The SMILES string of the molecule is CCOc1ccccc1N(CCCC(=O)N(Cc1ccccc1C)[C@H](CC)C(=O)NC1CCCCC1)S(C)(=O)=O. The van der Waals surface area contributed by atoms with E-state index in [1.165, 1.54) is 10.7 Å². The van der Waals surface area contributed by atoms with Crippen LogP contribution in [-0.2, 0) is 26.2 Å². The second-order valence-electron chi connectivity index (χ2n) is 10.6. The van der Waals surface area contributed by atoms with Crippen LogP contribution in [0.15, 0.2) is 48.5 Å². The fourth-order valence-electron chi connectivity index (χ4n) is 5.36. The van der Waals surface area contributed by atoms with Crippen molar-refractivity contribution in [3.8, 4) is 5.75 Å². The third-order valence-electron chi connectivity index (χ3n) is 7.53. The summed E-state index contributed by atoms with van der Waals surface area (Å²) in [5, 5.41) is 3.21. The first kappa shape index (κ1) is 31.5. The summed E-state index contributed by atoms with van der Waals surface area (Å²) in [6.45, 7) is 6.63. The summed E-state index contributed by atoms with van der Waals surface area (Å²) in [5.74, 6) is 0.202. The Hall–Kier alpha value is -3.07. The van der Waals surface area contributed by atoms with Gasteiger partial charge in [0.25, 0.3) is 0 Å². The van der Waals surface area contributed by atoms with E-state index in [0.29, 0.717) is 37.4 Å². The number of ether oxygens (including phenoxy) is 1. The van der Waals surface area contributed by atoms with E-state index in [2.05, 4.69) is 5.32 Å². The highest BCUT2D eigenvalue weighted by Crippen LogP contribution is 2.30. The van der Waals surface area contributed by atoms with Gasteiger partial charge in [-0.3, -0.25) is 13.9 Å². The lowest BCUT2D eigenvalue weighted by molar-refractivity contribution is -0.141. The highest BCUT2D eigenvalue weighted by Gasteiger charge is 2.31. The third-order valence-corrected chi connectivity index (χ3v) is 8.71. The highest BCUT2D eigenvalue weighted by molar-refractivity contribution is 7.92. The van der Waals surface area contributed by atoms with Gasteiger partial charge >= 0.3 is 0 Å². The van der Waals surface area contributed by atoms with Gasteiger partial charge in [-0.1, -0.05) is 62.6 Å². The Balaban J connectivity index is 1.78. The van der Waals surface area contributed by atoms with Gasteiger partial charge in [-0.15, -0.1) is 0 Å². The van der Waals surface area contributed by atoms with Crippen LogP contribution in [0, 0.1) is 6.92 Å². The van der Waals surface area contributed by atoms with Crippen molar-refractivity contribution in [1.29, 1.82) is 0 Å². The van der Waals surface area contributed by atoms with E-state index in [-0.39, 0.29) is 30.8 Å². The molecule has 0 saturated heterocycles. The molecule has 9 heteroatoms. The summed E-state index contributed by atoms with van der Waals surface area (Å²) in [6.07, 6.45) is 7.42. The molecule has 1 N–H and O–H groups in total. The Kier molecular flexibility index (Phi) is 11.9. The molecule has 0 radical (unpaired) electrons. The number of hydrogen-bond acceptors (Lipinski definition) is 5. The lowest BCUT2D eigenvalue weighted by Gasteiger charge is -2.33. The Bertz CT molecular complexity index is 1230. The normalized spacial score (nSPS) is 14.8. The summed E-state index contributed by atoms with van der Waals surface area (Å²) in [6, 6.07) is 14.4. The van der Waals surface area contributed by atoms with E-state index in [9.17, 15) is 18.0 Å². The number of nitrogens with one attached hydrogen (secondary N) is 1. The van der Waals surface area contributed by atoms with Crippen LogP contribution < -0.4 is 14.4 Å². The maximum Gasteiger partial charge on any atom is 0.243 e. The molecule has 1 saturated carbocycles. The van der Waals surface area contributed by atoms with Crippen molar-refractivity contribution in [2.45, 2.75) is 90.8 Å². The van der Waals surface area contributed by atoms with E-state index in [4.69, 9.17) is 4.74 Å². The molecule has 1 aliphatic rings. The summed E-state index contributed by atoms with van der Waals surface area (Å²) in [5.41, 5.74) is 2.50. The van der Waals surface area contributed by atoms with Gasteiger partial charge in [0.1, 0.15) is 11.8 Å². The molecule has 0 aliphatic heterocycles. The average Bonchev–Trinajstić information content (AvgIpc) is 2.92. The number of rotatable bonds is 14. The number of nitrogens with zero attached hydrogens (tertiary/aromatic N) is 2. The smallest absolute Gasteiger partial charge is 0.243 e. The Morgan fingerprint density at radius 3 is 2.35 bits per heavy atom. The number of carbonyl (C=O) groups excluding carboxylic acids is 2. The fourth-order valence-corrected chi connectivity index (χ4v) is 6.33. The maximum atomic E-state index is 13.7. The number of sulfonamides is 1. The number of aryl methyl sites for hydroxylation is 1. The average molecular weight is 572 g/mol. The molecule has 220 valence electrons. The van der Waals surface area contributed by atoms with E-state index in [0.717, 1.165) is 43.1 Å². The summed E-state index contributed by atoms with van der Waals surface area (Å²) >= 11 is 0. The molecule has 40 heavy (non-hydrogen) atoms. The second-order valence-corrected chi connectivity index (χ2v) is 12.5. The lowest BCUT2D eigenvalue weighted by Crippen LogP contribution is -2.51. The molecule has 1 aliphatic carbocycles. The van der Waals surface area contributed by atoms with Crippen LogP contribution in [0.1, 0.15) is 76.3 Å². The molecule has 1 atom stereocenters. The number of carbonyl (C=O) groups is 2. The van der Waals surface area contributed by atoms with Gasteiger partial charge in [0.15, 0.2) is 0 Å². The molecule has 0 spiro atoms. The third kappa shape index (κ3) is 8.71. The minimum atomic E-state index is -3.62. The van der Waals surface area contributed by atoms with Crippen molar-refractivity contribution in [1.82, 2.24) is 10.2 Å². The van der Waals surface area contributed by atoms with Crippen molar-refractivity contribution in [2.75, 3.05) is 23.7 Å². The van der Waals surface area contributed by atoms with E-state index in [1.54, 1.807) is 29.2 Å². The number of amides is 2. The molecule has 2 aromatic carbocycles. The highest BCUT2D eigenvalue weighted by atomic mass is 32.2. The molecule has 3 rings (SSSR count). The number of hydrogen-bond donors (Lipinski definition) is 1. The first-order chi connectivity index (χ1) is 19.2. The minimum absolute atomic E-state index is 0.111. The molecule has 0 bridgehead atoms. The molecule has 0 unspecified atom stereocenters. The Morgan fingerprint density at radius 2 is 1.70 bits per heavy atom. The van der Waals surface area contributed by atoms with Gasteiger partial charge in [0.05, 0.1) is 18.6 Å². The van der Waals surface area contributed by atoms with Crippen molar-refractivity contribution in [3.63, 3.8) is 0 Å². The van der Waals surface area contributed by atoms with Gasteiger partial charge in [-0.25, -0.2) is 8.42 Å². The van der Waals surface area contributed by atoms with Crippen molar-refractivity contribution in [3.05, 3.63) is 59.7 Å². The van der Waals surface area contributed by atoms with Crippen LogP contribution in [0.3, 0.4) is 0 Å². The van der Waals surface area contributed by atoms with Crippen LogP contribution in [0.2, 0.25) is 0 Å². The molecule has 8 nitrogen and oxygen atoms in total. The first-order valence-electron chi connectivity index (χ1n) is 14.5. The van der Waals surface area contributed by atoms with Crippen molar-refractivity contribution >= 4 is 27.5 Å². The van der Waals surface area contributed by atoms with Crippen LogP contribution in [-0.4, -0.2) is 56.6 Å². The standard InChI is InChI=1S/C31H45N3O5S/c1-5-27(31(36)32-26-17-8-7-9-18-26)33(23-25-16-11-10-15-24(25)3)30(35)21-14-22-34(40(4,37)38)28-19-12-13-20-29(28)39-6-2/h10-13,15-16,19-20,26-27H,5-9,14,17-18,21-23H2,1-4H3,(H,32,36)/t27-/m1/s1. The largest absolute Gasteiger partial charge is 0.492 e. The predicted octanol–water partition coefficient (Wildman–Crippen LogP) is 5.20. The van der Waals surface area contributed by atoms with Gasteiger partial charge in [0.2, 0.25) is 21.8 Å². The molecular formula is C31H45N3O5S. The van der Waals surface area contributed by atoms with Gasteiger partial charge in [-0.2, -0.15) is 0 Å². The van der Waals surface area contributed by atoms with Gasteiger partial charge in [0, 0.05) is 25.6 Å². The Morgan fingerprint density at radius 1 is 1.02 bits per heavy atom. The van der Waals surface area contributed by atoms with E-state index < -0.39 is 16.1 Å². The zero-order valence-corrected chi connectivity index (χ0v) is 25.2. The van der Waals surface area contributed by atoms with Gasteiger partial charge in [-0.05, 0) is 62.8 Å². The Labute approximate surface area is 240 Å². The number of benzene rings is 2. The predicted molar refractivity (Wildman–Crippen MR) is 160 cm³/mol. The number of para-hydroxylation sites is 2. The maximum absolute atomic E-state index is 13.7. The summed E-state index contributed by atoms with van der Waals surface area (Å²) in [4.78, 5) is 28.9. The molecule has 0 aromatic heterocycles. The summed E-state index contributed by atoms with van der Waals surface area (Å²) in [7, 11) is -3.62. The lowest BCUT2D eigenvalue weighted by atomic mass is 9.95. The van der Waals surface area contributed by atoms with E-state index in [1.807, 2.05) is 45.0 Å². The topological polar surface area (TPSA) is 96.0 Å². The van der Waals surface area contributed by atoms with Crippen LogP contribution in [0.25, 0.3) is 0 Å². The molecule has 0 heterocycles. The van der Waals surface area contributed by atoms with Crippen LogP contribution in [0.5, 0.6) is 5.75 Å². The van der Waals surface area contributed by atoms with Crippen molar-refractivity contribution < 1.29 is 22.7 Å². The molecular weight excluding hydrogens is 526 g/mol. The molecule has 2 aromatic rings. The van der Waals surface area contributed by atoms with Crippen LogP contribution >= 0.6 is 0 Å². The fraction of sp³-hybridized carbons (Fsp3) is 0.548. The molecule has 1 fully saturated rings. The van der Waals surface area contributed by atoms with Crippen LogP contribution in [0.4, 0.5) is 5.69 Å². The first-order valence-corrected chi connectivity index (χ1v) is 16.3. The van der Waals surface area contributed by atoms with E-state index >= 15 is 0 Å². The summed E-state index contributed by atoms with van der Waals surface area (Å²) < 4.78 is 32.4. The quantitative estimate of drug-likeness (QED) is 0.336. The zero-order valence-electron chi connectivity index (χ0n) is 24.4. The molecule has 2 amide bonds. The van der Waals surface area contributed by atoms with Gasteiger partial charge < -0.3 is 15.0 Å².